The molecule has 0 spiro atoms. The van der Waals surface area contributed by atoms with Gasteiger partial charge in [-0.25, -0.2) is 0 Å². The molecule has 0 atom stereocenters. The molecule has 4 aromatic rings. The summed E-state index contributed by atoms with van der Waals surface area (Å²) in [6, 6.07) is 23.3. The first-order chi connectivity index (χ1) is 12.7. The summed E-state index contributed by atoms with van der Waals surface area (Å²) in [4.78, 5) is 0. The minimum absolute atomic E-state index is 0.603. The third kappa shape index (κ3) is 3.26. The second-order valence-corrected chi connectivity index (χ2v) is 6.35. The molecule has 0 radical (unpaired) electrons. The maximum atomic E-state index is 8.85. The highest BCUT2D eigenvalue weighted by atomic mass is 35.5. The molecule has 1 heterocycles. The predicted octanol–water partition coefficient (Wildman–Crippen LogP) is 5.63. The molecular formula is C21H14ClN3O. The van der Waals surface area contributed by atoms with Crippen LogP contribution in [0.3, 0.4) is 0 Å². The van der Waals surface area contributed by atoms with Crippen LogP contribution in [-0.2, 0) is 6.54 Å². The fourth-order valence-corrected chi connectivity index (χ4v) is 2.90. The van der Waals surface area contributed by atoms with Crippen LogP contribution in [0.4, 0.5) is 5.82 Å². The van der Waals surface area contributed by atoms with Gasteiger partial charge >= 0.3 is 0 Å². The van der Waals surface area contributed by atoms with Crippen molar-refractivity contribution in [1.29, 1.82) is 5.26 Å². The van der Waals surface area contributed by atoms with Crippen molar-refractivity contribution in [1.82, 2.24) is 5.16 Å². The highest BCUT2D eigenvalue weighted by Crippen LogP contribution is 2.29. The number of benzene rings is 3. The van der Waals surface area contributed by atoms with Crippen molar-refractivity contribution in [3.8, 4) is 17.2 Å². The number of rotatable bonds is 4. The van der Waals surface area contributed by atoms with Gasteiger partial charge in [-0.2, -0.15) is 5.26 Å². The normalized spacial score (nSPS) is 10.6. The highest BCUT2D eigenvalue weighted by molar-refractivity contribution is 6.30. The molecule has 0 aliphatic rings. The Kier molecular flexibility index (Phi) is 4.30. The first-order valence-electron chi connectivity index (χ1n) is 8.11. The molecule has 1 aromatic heterocycles. The molecule has 4 nitrogen and oxygen atoms in total. The fourth-order valence-electron chi connectivity index (χ4n) is 2.77. The number of nitriles is 1. The molecule has 0 fully saturated rings. The summed E-state index contributed by atoms with van der Waals surface area (Å²) in [7, 11) is 0. The van der Waals surface area contributed by atoms with Crippen molar-refractivity contribution in [3.63, 3.8) is 0 Å². The molecule has 3 aromatic carbocycles. The molecular weight excluding hydrogens is 346 g/mol. The Balaban J connectivity index is 1.55. The Morgan fingerprint density at radius 2 is 1.69 bits per heavy atom. The molecule has 4 rings (SSSR count). The van der Waals surface area contributed by atoms with E-state index in [0.29, 0.717) is 22.9 Å². The van der Waals surface area contributed by atoms with Gasteiger partial charge in [-0.3, -0.25) is 0 Å². The summed E-state index contributed by atoms with van der Waals surface area (Å²) < 4.78 is 5.48. The minimum atomic E-state index is 0.603. The summed E-state index contributed by atoms with van der Waals surface area (Å²) in [6.45, 7) is 0.603. The zero-order valence-corrected chi connectivity index (χ0v) is 14.5. The summed E-state index contributed by atoms with van der Waals surface area (Å²) in [6.07, 6.45) is 0. The van der Waals surface area contributed by atoms with Gasteiger partial charge in [-0.15, -0.1) is 0 Å². The van der Waals surface area contributed by atoms with Crippen LogP contribution in [0.15, 0.2) is 71.3 Å². The van der Waals surface area contributed by atoms with E-state index in [1.165, 1.54) is 0 Å². The first-order valence-corrected chi connectivity index (χ1v) is 8.49. The van der Waals surface area contributed by atoms with Gasteiger partial charge in [-0.1, -0.05) is 47.1 Å². The van der Waals surface area contributed by atoms with Crippen LogP contribution in [0.25, 0.3) is 22.1 Å². The largest absolute Gasteiger partial charge is 0.363 e. The first kappa shape index (κ1) is 16.2. The third-order valence-corrected chi connectivity index (χ3v) is 4.44. The van der Waals surface area contributed by atoms with Gasteiger partial charge in [0, 0.05) is 11.6 Å². The van der Waals surface area contributed by atoms with Gasteiger partial charge in [0.25, 0.3) is 0 Å². The van der Waals surface area contributed by atoms with Gasteiger partial charge in [0.2, 0.25) is 0 Å². The van der Waals surface area contributed by atoms with E-state index >= 15 is 0 Å². The zero-order valence-electron chi connectivity index (χ0n) is 13.7. The van der Waals surface area contributed by atoms with Gasteiger partial charge in [0.05, 0.1) is 17.0 Å². The number of nitrogens with one attached hydrogen (secondary N) is 1. The SMILES string of the molecule is N#Cc1ccc(CNc2noc3cc(-c4ccc(Cl)cc4)ccc23)cc1. The molecule has 0 aliphatic heterocycles. The van der Waals surface area contributed by atoms with E-state index < -0.39 is 0 Å². The van der Waals surface area contributed by atoms with Crippen LogP contribution in [0, 0.1) is 11.3 Å². The minimum Gasteiger partial charge on any atom is -0.363 e. The molecule has 126 valence electrons. The smallest absolute Gasteiger partial charge is 0.177 e. The number of hydrogen-bond donors (Lipinski definition) is 1. The predicted molar refractivity (Wildman–Crippen MR) is 103 cm³/mol. The number of anilines is 1. The second-order valence-electron chi connectivity index (χ2n) is 5.91. The van der Waals surface area contributed by atoms with E-state index in [2.05, 4.69) is 16.5 Å². The van der Waals surface area contributed by atoms with Crippen molar-refractivity contribution in [3.05, 3.63) is 82.9 Å². The van der Waals surface area contributed by atoms with E-state index in [0.717, 1.165) is 27.7 Å². The van der Waals surface area contributed by atoms with Crippen LogP contribution in [0.5, 0.6) is 0 Å². The summed E-state index contributed by atoms with van der Waals surface area (Å²) in [5.74, 6) is 0.701. The van der Waals surface area contributed by atoms with E-state index in [9.17, 15) is 0 Å². The zero-order chi connectivity index (χ0) is 17.9. The Labute approximate surface area is 155 Å². The Hall–Kier alpha value is -3.29. The number of aromatic nitrogens is 1. The highest BCUT2D eigenvalue weighted by Gasteiger charge is 2.09. The van der Waals surface area contributed by atoms with Crippen LogP contribution in [-0.4, -0.2) is 5.16 Å². The third-order valence-electron chi connectivity index (χ3n) is 4.19. The summed E-state index contributed by atoms with van der Waals surface area (Å²) in [5.41, 5.74) is 4.55. The van der Waals surface area contributed by atoms with Gasteiger partial charge in [0.15, 0.2) is 11.4 Å². The topological polar surface area (TPSA) is 61.9 Å². The molecule has 0 aliphatic carbocycles. The van der Waals surface area contributed by atoms with Gasteiger partial charge in [-0.05, 0) is 53.1 Å². The van der Waals surface area contributed by atoms with Crippen LogP contribution >= 0.6 is 11.6 Å². The van der Waals surface area contributed by atoms with E-state index in [1.807, 2.05) is 54.6 Å². The lowest BCUT2D eigenvalue weighted by atomic mass is 10.0. The second kappa shape index (κ2) is 6.91. The molecule has 0 saturated heterocycles. The van der Waals surface area contributed by atoms with Crippen molar-refractivity contribution in [2.75, 3.05) is 5.32 Å². The quantitative estimate of drug-likeness (QED) is 0.512. The van der Waals surface area contributed by atoms with E-state index in [4.69, 9.17) is 21.4 Å². The van der Waals surface area contributed by atoms with Gasteiger partial charge in [0.1, 0.15) is 0 Å². The number of fused-ring (bicyclic) bond motifs is 1. The fraction of sp³-hybridized carbons (Fsp3) is 0.0476. The van der Waals surface area contributed by atoms with Gasteiger partial charge < -0.3 is 9.84 Å². The molecule has 0 amide bonds. The number of hydrogen-bond acceptors (Lipinski definition) is 4. The molecule has 0 bridgehead atoms. The summed E-state index contributed by atoms with van der Waals surface area (Å²) in [5, 5.41) is 17.9. The standard InChI is InChI=1S/C21H14ClN3O/c22-18-8-5-16(6-9-18)17-7-10-19-20(11-17)26-25-21(19)24-13-15-3-1-14(12-23)2-4-15/h1-11H,13H2,(H,24,25). The number of halogens is 1. The van der Waals surface area contributed by atoms with E-state index in [1.54, 1.807) is 12.1 Å². The average Bonchev–Trinajstić information content (AvgIpc) is 3.09. The maximum absolute atomic E-state index is 8.85. The Bertz CT molecular complexity index is 1090. The molecule has 5 heteroatoms. The van der Waals surface area contributed by atoms with Crippen LogP contribution in [0.1, 0.15) is 11.1 Å². The molecule has 26 heavy (non-hydrogen) atoms. The van der Waals surface area contributed by atoms with Crippen molar-refractivity contribution < 1.29 is 4.52 Å². The molecule has 0 saturated carbocycles. The molecule has 1 N–H and O–H groups in total. The van der Waals surface area contributed by atoms with Crippen molar-refractivity contribution in [2.24, 2.45) is 0 Å². The lowest BCUT2D eigenvalue weighted by Crippen LogP contribution is -1.99. The van der Waals surface area contributed by atoms with Crippen LogP contribution < -0.4 is 5.32 Å². The van der Waals surface area contributed by atoms with Crippen molar-refractivity contribution >= 4 is 28.4 Å². The lowest BCUT2D eigenvalue weighted by molar-refractivity contribution is 0.459. The number of nitrogens with zero attached hydrogens (tertiary/aromatic N) is 2. The van der Waals surface area contributed by atoms with Crippen LogP contribution in [0.2, 0.25) is 5.02 Å². The average molecular weight is 360 g/mol. The maximum Gasteiger partial charge on any atom is 0.177 e. The lowest BCUT2D eigenvalue weighted by Gasteiger charge is -2.04. The van der Waals surface area contributed by atoms with Crippen molar-refractivity contribution in [2.45, 2.75) is 6.54 Å². The van der Waals surface area contributed by atoms with E-state index in [-0.39, 0.29) is 0 Å². The Morgan fingerprint density at radius 3 is 2.42 bits per heavy atom. The monoisotopic (exact) mass is 359 g/mol. The molecule has 0 unspecified atom stereocenters. The Morgan fingerprint density at radius 1 is 0.962 bits per heavy atom. The summed E-state index contributed by atoms with van der Waals surface area (Å²) >= 11 is 5.95.